The lowest BCUT2D eigenvalue weighted by molar-refractivity contribution is -0.138. The van der Waals surface area contributed by atoms with Gasteiger partial charge in [0.25, 0.3) is 0 Å². The monoisotopic (exact) mass is 533 g/mol. The van der Waals surface area contributed by atoms with Crippen molar-refractivity contribution in [2.75, 3.05) is 13.2 Å². The Balaban J connectivity index is 1.15. The fourth-order valence-electron chi connectivity index (χ4n) is 4.53. The number of hydrogen-bond donors (Lipinski definition) is 1. The Morgan fingerprint density at radius 3 is 2.17 bits per heavy atom. The van der Waals surface area contributed by atoms with Gasteiger partial charge >= 0.3 is 5.97 Å². The van der Waals surface area contributed by atoms with Gasteiger partial charge in [-0.3, -0.25) is 14.7 Å². The van der Waals surface area contributed by atoms with Crippen molar-refractivity contribution < 1.29 is 19.1 Å². The van der Waals surface area contributed by atoms with E-state index < -0.39 is 5.97 Å². The van der Waals surface area contributed by atoms with E-state index >= 15 is 0 Å². The molecule has 7 heteroatoms. The van der Waals surface area contributed by atoms with Crippen molar-refractivity contribution in [2.45, 2.75) is 26.4 Å². The van der Waals surface area contributed by atoms with E-state index in [1.54, 1.807) is 6.20 Å². The lowest BCUT2D eigenvalue weighted by Crippen LogP contribution is -2.28. The number of carboxylic acid groups (broad SMARTS) is 1. The molecule has 0 aliphatic heterocycles. The van der Waals surface area contributed by atoms with Gasteiger partial charge in [-0.1, -0.05) is 60.7 Å². The summed E-state index contributed by atoms with van der Waals surface area (Å²) in [5.41, 5.74) is 6.02. The zero-order valence-corrected chi connectivity index (χ0v) is 22.4. The van der Waals surface area contributed by atoms with Gasteiger partial charge in [0.05, 0.1) is 18.8 Å². The molecule has 0 amide bonds. The zero-order valence-electron chi connectivity index (χ0n) is 22.4. The molecule has 5 rings (SSSR count). The number of aliphatic carboxylic acids is 1. The van der Waals surface area contributed by atoms with Crippen LogP contribution in [0.3, 0.4) is 0 Å². The van der Waals surface area contributed by atoms with E-state index in [0.717, 1.165) is 45.0 Å². The van der Waals surface area contributed by atoms with E-state index in [2.05, 4.69) is 9.97 Å². The van der Waals surface area contributed by atoms with Crippen LogP contribution in [0.1, 0.15) is 22.6 Å². The van der Waals surface area contributed by atoms with Crippen LogP contribution in [0, 0.1) is 6.92 Å². The van der Waals surface area contributed by atoms with E-state index in [1.807, 2.05) is 109 Å². The van der Waals surface area contributed by atoms with Gasteiger partial charge in [-0.2, -0.15) is 0 Å². The Morgan fingerprint density at radius 1 is 0.850 bits per heavy atom. The summed E-state index contributed by atoms with van der Waals surface area (Å²) in [5.74, 6) is 1.31. The number of rotatable bonds is 12. The molecule has 0 atom stereocenters. The molecule has 0 fully saturated rings. The SMILES string of the molecule is Cc1oc(-c2ccccc2)nc1CCOc1ccc(CN(CC(=O)O)Cc2ccc(-c3cccnc3)cc2)cc1. The van der Waals surface area contributed by atoms with Crippen LogP contribution in [-0.4, -0.2) is 39.1 Å². The van der Waals surface area contributed by atoms with Gasteiger partial charge in [0, 0.05) is 37.5 Å². The van der Waals surface area contributed by atoms with Crippen molar-refractivity contribution >= 4 is 5.97 Å². The van der Waals surface area contributed by atoms with E-state index in [0.29, 0.717) is 32.0 Å². The Labute approximate surface area is 233 Å². The molecule has 202 valence electrons. The Morgan fingerprint density at radius 2 is 1.52 bits per heavy atom. The second kappa shape index (κ2) is 12.9. The lowest BCUT2D eigenvalue weighted by atomic mass is 10.1. The first-order valence-electron chi connectivity index (χ1n) is 13.2. The van der Waals surface area contributed by atoms with Gasteiger partial charge < -0.3 is 14.3 Å². The maximum Gasteiger partial charge on any atom is 0.317 e. The van der Waals surface area contributed by atoms with E-state index in [9.17, 15) is 9.90 Å². The number of carboxylic acids is 1. The number of pyridine rings is 1. The first-order chi connectivity index (χ1) is 19.5. The molecule has 0 aliphatic rings. The van der Waals surface area contributed by atoms with E-state index in [4.69, 9.17) is 9.15 Å². The highest BCUT2D eigenvalue weighted by molar-refractivity contribution is 5.69. The summed E-state index contributed by atoms with van der Waals surface area (Å²) in [6.45, 7) is 3.38. The van der Waals surface area contributed by atoms with Gasteiger partial charge in [-0.05, 0) is 59.5 Å². The van der Waals surface area contributed by atoms with Gasteiger partial charge in [0.2, 0.25) is 5.89 Å². The molecule has 0 spiro atoms. The normalized spacial score (nSPS) is 11.1. The number of ether oxygens (including phenoxy) is 1. The number of aryl methyl sites for hydroxylation is 1. The van der Waals surface area contributed by atoms with Crippen LogP contribution in [0.4, 0.5) is 0 Å². The van der Waals surface area contributed by atoms with Gasteiger partial charge in [0.15, 0.2) is 0 Å². The first kappa shape index (κ1) is 26.8. The molecule has 1 N–H and O–H groups in total. The second-order valence-electron chi connectivity index (χ2n) is 9.61. The predicted octanol–water partition coefficient (Wildman–Crippen LogP) is 6.42. The van der Waals surface area contributed by atoms with Crippen molar-refractivity contribution in [1.82, 2.24) is 14.9 Å². The predicted molar refractivity (Wildman–Crippen MR) is 154 cm³/mol. The van der Waals surface area contributed by atoms with Crippen LogP contribution >= 0.6 is 0 Å². The summed E-state index contributed by atoms with van der Waals surface area (Å²) < 4.78 is 11.8. The van der Waals surface area contributed by atoms with Gasteiger partial charge in [-0.25, -0.2) is 4.98 Å². The van der Waals surface area contributed by atoms with Crippen LogP contribution < -0.4 is 4.74 Å². The average Bonchev–Trinajstić information content (AvgIpc) is 3.35. The van der Waals surface area contributed by atoms with Crippen LogP contribution in [-0.2, 0) is 24.3 Å². The number of benzene rings is 3. The Hall–Kier alpha value is -4.75. The van der Waals surface area contributed by atoms with Crippen LogP contribution in [0.5, 0.6) is 5.75 Å². The highest BCUT2D eigenvalue weighted by Crippen LogP contribution is 2.23. The topological polar surface area (TPSA) is 88.7 Å². The summed E-state index contributed by atoms with van der Waals surface area (Å²) in [6, 6.07) is 29.7. The molecule has 0 bridgehead atoms. The van der Waals surface area contributed by atoms with Crippen molar-refractivity contribution in [2.24, 2.45) is 0 Å². The number of oxazole rings is 1. The van der Waals surface area contributed by atoms with Crippen molar-refractivity contribution in [3.05, 3.63) is 126 Å². The molecule has 0 saturated heterocycles. The number of aromatic nitrogens is 2. The summed E-state index contributed by atoms with van der Waals surface area (Å²) in [7, 11) is 0. The highest BCUT2D eigenvalue weighted by Gasteiger charge is 2.13. The second-order valence-corrected chi connectivity index (χ2v) is 9.61. The molecule has 0 aliphatic carbocycles. The van der Waals surface area contributed by atoms with Crippen molar-refractivity contribution in [1.29, 1.82) is 0 Å². The molecule has 2 aromatic heterocycles. The Bertz CT molecular complexity index is 1520. The summed E-state index contributed by atoms with van der Waals surface area (Å²) in [4.78, 5) is 22.3. The van der Waals surface area contributed by atoms with Crippen LogP contribution in [0.25, 0.3) is 22.6 Å². The smallest absolute Gasteiger partial charge is 0.317 e. The lowest BCUT2D eigenvalue weighted by Gasteiger charge is -2.21. The molecule has 0 unspecified atom stereocenters. The minimum absolute atomic E-state index is 0.0510. The minimum atomic E-state index is -0.856. The van der Waals surface area contributed by atoms with Crippen LogP contribution in [0.2, 0.25) is 0 Å². The summed E-state index contributed by atoms with van der Waals surface area (Å²) in [5, 5.41) is 9.47. The fraction of sp³-hybridized carbons (Fsp3) is 0.182. The molecular formula is C33H31N3O4. The van der Waals surface area contributed by atoms with Gasteiger partial charge in [-0.15, -0.1) is 0 Å². The molecule has 40 heavy (non-hydrogen) atoms. The average molecular weight is 534 g/mol. The molecule has 0 saturated carbocycles. The first-order valence-corrected chi connectivity index (χ1v) is 13.2. The fourth-order valence-corrected chi connectivity index (χ4v) is 4.53. The van der Waals surface area contributed by atoms with E-state index in [1.165, 1.54) is 0 Å². The number of nitrogens with zero attached hydrogens (tertiary/aromatic N) is 3. The molecule has 3 aromatic carbocycles. The molecule has 5 aromatic rings. The molecule has 2 heterocycles. The minimum Gasteiger partial charge on any atom is -0.493 e. The molecule has 7 nitrogen and oxygen atoms in total. The van der Waals surface area contributed by atoms with Gasteiger partial charge in [0.1, 0.15) is 11.5 Å². The number of hydrogen-bond acceptors (Lipinski definition) is 6. The Kier molecular flexibility index (Phi) is 8.63. The number of carbonyl (C=O) groups is 1. The standard InChI is InChI=1S/C33H31N3O4/c1-24-31(35-33(40-24)28-6-3-2-4-7-28)17-19-39-30-15-11-26(12-16-30)22-36(23-32(37)38)21-25-9-13-27(14-10-25)29-8-5-18-34-20-29/h2-16,18,20H,17,19,21-23H2,1H3,(H,37,38). The maximum atomic E-state index is 11.5. The maximum absolute atomic E-state index is 11.5. The largest absolute Gasteiger partial charge is 0.493 e. The third-order valence-electron chi connectivity index (χ3n) is 6.56. The summed E-state index contributed by atoms with van der Waals surface area (Å²) in [6.07, 6.45) is 4.22. The third-order valence-corrected chi connectivity index (χ3v) is 6.56. The zero-order chi connectivity index (χ0) is 27.7. The molecule has 0 radical (unpaired) electrons. The van der Waals surface area contributed by atoms with Crippen LogP contribution in [0.15, 0.2) is 108 Å². The summed E-state index contributed by atoms with van der Waals surface area (Å²) >= 11 is 0. The quantitative estimate of drug-likeness (QED) is 0.198. The third kappa shape index (κ3) is 7.21. The van der Waals surface area contributed by atoms with Crippen molar-refractivity contribution in [3.8, 4) is 28.3 Å². The van der Waals surface area contributed by atoms with E-state index in [-0.39, 0.29) is 6.54 Å². The van der Waals surface area contributed by atoms with Crippen molar-refractivity contribution in [3.63, 3.8) is 0 Å². The molecular weight excluding hydrogens is 502 g/mol. The highest BCUT2D eigenvalue weighted by atomic mass is 16.5.